The van der Waals surface area contributed by atoms with E-state index in [9.17, 15) is 9.59 Å². The molecule has 2 heterocycles. The highest BCUT2D eigenvalue weighted by molar-refractivity contribution is 9.10. The van der Waals surface area contributed by atoms with E-state index in [0.29, 0.717) is 11.5 Å². The third-order valence-corrected chi connectivity index (χ3v) is 5.02. The predicted octanol–water partition coefficient (Wildman–Crippen LogP) is 4.14. The molecule has 0 bridgehead atoms. The van der Waals surface area contributed by atoms with Gasteiger partial charge in [0, 0.05) is 15.7 Å². The Morgan fingerprint density at radius 2 is 1.89 bits per heavy atom. The number of halogens is 1. The highest BCUT2D eigenvalue weighted by Crippen LogP contribution is 2.38. The van der Waals surface area contributed by atoms with Gasteiger partial charge in [0.15, 0.2) is 0 Å². The van der Waals surface area contributed by atoms with E-state index in [-0.39, 0.29) is 18.2 Å². The van der Waals surface area contributed by atoms with Gasteiger partial charge in [-0.05, 0) is 36.8 Å². The molecule has 1 unspecified atom stereocenters. The van der Waals surface area contributed by atoms with Gasteiger partial charge in [0.2, 0.25) is 5.91 Å². The third-order valence-electron chi connectivity index (χ3n) is 4.49. The van der Waals surface area contributed by atoms with E-state index in [4.69, 9.17) is 0 Å². The number of aryl methyl sites for hydroxylation is 1. The van der Waals surface area contributed by atoms with Crippen LogP contribution in [0.1, 0.15) is 18.2 Å². The van der Waals surface area contributed by atoms with Crippen molar-refractivity contribution in [1.29, 1.82) is 0 Å². The molecule has 2 aromatic carbocycles. The molecule has 136 valence electrons. The molecule has 0 saturated heterocycles. The minimum Gasteiger partial charge on any atom is -0.326 e. The number of benzene rings is 2. The Kier molecular flexibility index (Phi) is 4.53. The molecule has 4 rings (SSSR count). The summed E-state index contributed by atoms with van der Waals surface area (Å²) in [7, 11) is 0. The summed E-state index contributed by atoms with van der Waals surface area (Å²) in [6.07, 6.45) is 0.0181. The Bertz CT molecular complexity index is 1010. The number of aromatic nitrogens is 2. The maximum atomic E-state index is 12.5. The van der Waals surface area contributed by atoms with E-state index >= 15 is 0 Å². The molecule has 1 aliphatic heterocycles. The number of rotatable bonds is 4. The first-order chi connectivity index (χ1) is 13.0. The number of hydrogen-bond acceptors (Lipinski definition) is 3. The van der Waals surface area contributed by atoms with Crippen LogP contribution in [-0.2, 0) is 9.59 Å². The zero-order chi connectivity index (χ0) is 19.0. The van der Waals surface area contributed by atoms with Crippen LogP contribution >= 0.6 is 15.9 Å². The van der Waals surface area contributed by atoms with Gasteiger partial charge in [0.1, 0.15) is 11.9 Å². The van der Waals surface area contributed by atoms with Gasteiger partial charge in [-0.1, -0.05) is 46.3 Å². The fourth-order valence-electron chi connectivity index (χ4n) is 3.25. The van der Waals surface area contributed by atoms with Crippen molar-refractivity contribution >= 4 is 39.2 Å². The molecular formula is C20H17BrN4O2. The molecular weight excluding hydrogens is 408 g/mol. The molecule has 0 spiro atoms. The van der Waals surface area contributed by atoms with E-state index < -0.39 is 6.04 Å². The van der Waals surface area contributed by atoms with Crippen LogP contribution in [-0.4, -0.2) is 21.6 Å². The standard InChI is InChI=1S/C20H17BrN4O2/c1-12-18(13-5-3-2-4-6-13)19-23-20(27)16(25(19)24-12)11-17(26)22-15-9-7-14(21)8-10-15/h2-10,16H,11H2,1H3,(H,22,26)(H,23,27). The summed E-state index contributed by atoms with van der Waals surface area (Å²) in [6, 6.07) is 16.4. The molecule has 0 radical (unpaired) electrons. The maximum Gasteiger partial charge on any atom is 0.251 e. The topological polar surface area (TPSA) is 76.0 Å². The Morgan fingerprint density at radius 3 is 2.59 bits per heavy atom. The Morgan fingerprint density at radius 1 is 1.19 bits per heavy atom. The second kappa shape index (κ2) is 7.00. The fraction of sp³-hybridized carbons (Fsp3) is 0.150. The van der Waals surface area contributed by atoms with Crippen molar-refractivity contribution in [2.24, 2.45) is 0 Å². The number of nitrogens with zero attached hydrogens (tertiary/aromatic N) is 2. The van der Waals surface area contributed by atoms with Gasteiger partial charge >= 0.3 is 0 Å². The molecule has 0 aliphatic carbocycles. The quantitative estimate of drug-likeness (QED) is 0.660. The molecule has 1 atom stereocenters. The molecule has 3 aromatic rings. The van der Waals surface area contributed by atoms with Gasteiger partial charge in [0.25, 0.3) is 5.91 Å². The Labute approximate surface area is 164 Å². The van der Waals surface area contributed by atoms with Crippen LogP contribution < -0.4 is 10.6 Å². The number of hydrogen-bond donors (Lipinski definition) is 2. The SMILES string of the molecule is Cc1nn2c(c1-c1ccccc1)NC(=O)C2CC(=O)Nc1ccc(Br)cc1. The van der Waals surface area contributed by atoms with E-state index in [1.54, 1.807) is 16.8 Å². The largest absolute Gasteiger partial charge is 0.326 e. The highest BCUT2D eigenvalue weighted by Gasteiger charge is 2.36. The molecule has 0 saturated carbocycles. The number of carbonyl (C=O) groups is 2. The Balaban J connectivity index is 1.57. The van der Waals surface area contributed by atoms with Gasteiger partial charge in [0.05, 0.1) is 12.1 Å². The van der Waals surface area contributed by atoms with E-state index in [0.717, 1.165) is 21.3 Å². The van der Waals surface area contributed by atoms with Crippen molar-refractivity contribution in [2.45, 2.75) is 19.4 Å². The Hall–Kier alpha value is -2.93. The minimum atomic E-state index is -0.661. The van der Waals surface area contributed by atoms with Gasteiger partial charge in [-0.3, -0.25) is 9.59 Å². The summed E-state index contributed by atoms with van der Waals surface area (Å²) in [6.45, 7) is 1.90. The molecule has 0 fully saturated rings. The smallest absolute Gasteiger partial charge is 0.251 e. The van der Waals surface area contributed by atoms with Gasteiger partial charge in [-0.2, -0.15) is 5.10 Å². The average molecular weight is 425 g/mol. The summed E-state index contributed by atoms with van der Waals surface area (Å²) < 4.78 is 2.56. The predicted molar refractivity (Wildman–Crippen MR) is 107 cm³/mol. The minimum absolute atomic E-state index is 0.0181. The lowest BCUT2D eigenvalue weighted by Crippen LogP contribution is -2.23. The van der Waals surface area contributed by atoms with Crippen molar-refractivity contribution in [3.63, 3.8) is 0 Å². The van der Waals surface area contributed by atoms with Crippen molar-refractivity contribution in [1.82, 2.24) is 9.78 Å². The highest BCUT2D eigenvalue weighted by atomic mass is 79.9. The average Bonchev–Trinajstić information content (AvgIpc) is 3.12. The van der Waals surface area contributed by atoms with Crippen LogP contribution in [0.25, 0.3) is 11.1 Å². The van der Waals surface area contributed by atoms with Gasteiger partial charge < -0.3 is 10.6 Å². The van der Waals surface area contributed by atoms with E-state index in [2.05, 4.69) is 31.7 Å². The normalized spacial score (nSPS) is 15.3. The molecule has 6 nitrogen and oxygen atoms in total. The first kappa shape index (κ1) is 17.5. The van der Waals surface area contributed by atoms with E-state index in [1.165, 1.54) is 0 Å². The van der Waals surface area contributed by atoms with Crippen LogP contribution in [0.15, 0.2) is 59.1 Å². The monoisotopic (exact) mass is 424 g/mol. The first-order valence-electron chi connectivity index (χ1n) is 8.54. The number of fused-ring (bicyclic) bond motifs is 1. The molecule has 27 heavy (non-hydrogen) atoms. The van der Waals surface area contributed by atoms with Crippen LogP contribution in [0.4, 0.5) is 11.5 Å². The van der Waals surface area contributed by atoms with Crippen molar-refractivity contribution in [2.75, 3.05) is 10.6 Å². The van der Waals surface area contributed by atoms with Gasteiger partial charge in [-0.25, -0.2) is 4.68 Å². The van der Waals surface area contributed by atoms with Crippen molar-refractivity contribution < 1.29 is 9.59 Å². The lowest BCUT2D eigenvalue weighted by Gasteiger charge is -2.10. The molecule has 1 aliphatic rings. The molecule has 2 amide bonds. The fourth-order valence-corrected chi connectivity index (χ4v) is 3.52. The van der Waals surface area contributed by atoms with Crippen LogP contribution in [0, 0.1) is 6.92 Å². The summed E-state index contributed by atoms with van der Waals surface area (Å²) >= 11 is 3.36. The van der Waals surface area contributed by atoms with Crippen LogP contribution in [0.2, 0.25) is 0 Å². The second-order valence-electron chi connectivity index (χ2n) is 6.38. The zero-order valence-corrected chi connectivity index (χ0v) is 16.2. The molecule has 1 aromatic heterocycles. The number of anilines is 2. The van der Waals surface area contributed by atoms with Crippen LogP contribution in [0.3, 0.4) is 0 Å². The summed E-state index contributed by atoms with van der Waals surface area (Å²) in [5, 5.41) is 10.2. The number of nitrogens with one attached hydrogen (secondary N) is 2. The maximum absolute atomic E-state index is 12.5. The summed E-state index contributed by atoms with van der Waals surface area (Å²) in [5.74, 6) is 0.186. The first-order valence-corrected chi connectivity index (χ1v) is 9.33. The van der Waals surface area contributed by atoms with Crippen molar-refractivity contribution in [3.8, 4) is 11.1 Å². The number of carbonyl (C=O) groups excluding carboxylic acids is 2. The second-order valence-corrected chi connectivity index (χ2v) is 7.30. The lowest BCUT2D eigenvalue weighted by molar-refractivity contribution is -0.123. The van der Waals surface area contributed by atoms with E-state index in [1.807, 2.05) is 49.4 Å². The van der Waals surface area contributed by atoms with Crippen molar-refractivity contribution in [3.05, 3.63) is 64.8 Å². The van der Waals surface area contributed by atoms with Crippen LogP contribution in [0.5, 0.6) is 0 Å². The summed E-state index contributed by atoms with van der Waals surface area (Å²) in [4.78, 5) is 24.9. The third kappa shape index (κ3) is 3.38. The molecule has 2 N–H and O–H groups in total. The zero-order valence-electron chi connectivity index (χ0n) is 14.6. The van der Waals surface area contributed by atoms with Gasteiger partial charge in [-0.15, -0.1) is 0 Å². The molecule has 7 heteroatoms. The number of amides is 2. The summed E-state index contributed by atoms with van der Waals surface area (Å²) in [5.41, 5.74) is 3.37. The lowest BCUT2D eigenvalue weighted by atomic mass is 10.1.